The van der Waals surface area contributed by atoms with E-state index in [9.17, 15) is 0 Å². The van der Waals surface area contributed by atoms with E-state index in [0.717, 1.165) is 12.8 Å². The summed E-state index contributed by atoms with van der Waals surface area (Å²) in [5.41, 5.74) is -0.843. The Morgan fingerprint density at radius 2 is 1.00 bits per heavy atom. The predicted molar refractivity (Wildman–Crippen MR) is 61.9 cm³/mol. The van der Waals surface area contributed by atoms with Crippen LogP contribution in [0.25, 0.3) is 0 Å². The van der Waals surface area contributed by atoms with E-state index in [0.29, 0.717) is 0 Å². The molecule has 0 radical (unpaired) electrons. The van der Waals surface area contributed by atoms with Gasteiger partial charge in [-0.1, -0.05) is 27.7 Å². The van der Waals surface area contributed by atoms with Crippen LogP contribution in [-0.4, -0.2) is 21.1 Å². The average Bonchev–Trinajstić information content (AvgIpc) is 2.09. The SMILES string of the molecule is CC.CCC(O)S.CCC(O)S. The summed E-state index contributed by atoms with van der Waals surface area (Å²) < 4.78 is 0. The van der Waals surface area contributed by atoms with Crippen LogP contribution >= 0.6 is 25.3 Å². The molecule has 2 N–H and O–H groups in total. The highest BCUT2D eigenvalue weighted by molar-refractivity contribution is 7.80. The van der Waals surface area contributed by atoms with Crippen molar-refractivity contribution in [3.8, 4) is 0 Å². The molecule has 2 atom stereocenters. The smallest absolute Gasteiger partial charge is 0.0962 e. The quantitative estimate of drug-likeness (QED) is 0.421. The first-order valence-corrected chi connectivity index (χ1v) is 5.30. The maximum absolute atomic E-state index is 8.23. The molecule has 0 aromatic heterocycles. The Labute approximate surface area is 87.2 Å². The highest BCUT2D eigenvalue weighted by Gasteiger charge is 1.83. The molecule has 0 aromatic rings. The normalized spacial score (nSPS) is 13.0. The van der Waals surface area contributed by atoms with Crippen LogP contribution in [0.4, 0.5) is 0 Å². The highest BCUT2D eigenvalue weighted by Crippen LogP contribution is 1.90. The van der Waals surface area contributed by atoms with Crippen molar-refractivity contribution < 1.29 is 10.2 Å². The Hall–Kier alpha value is 0.620. The van der Waals surface area contributed by atoms with Crippen LogP contribution in [0.15, 0.2) is 0 Å². The molecule has 0 spiro atoms. The summed E-state index contributed by atoms with van der Waals surface area (Å²) in [7, 11) is 0. The minimum absolute atomic E-state index is 0.421. The van der Waals surface area contributed by atoms with Gasteiger partial charge < -0.3 is 10.2 Å². The van der Waals surface area contributed by atoms with Gasteiger partial charge in [-0.05, 0) is 12.8 Å². The van der Waals surface area contributed by atoms with E-state index in [-0.39, 0.29) is 0 Å². The summed E-state index contributed by atoms with van der Waals surface area (Å²) in [5.74, 6) is 0. The molecule has 12 heavy (non-hydrogen) atoms. The van der Waals surface area contributed by atoms with Crippen molar-refractivity contribution in [2.24, 2.45) is 0 Å². The summed E-state index contributed by atoms with van der Waals surface area (Å²) in [5, 5.41) is 16.5. The van der Waals surface area contributed by atoms with Gasteiger partial charge in [0.05, 0.1) is 10.9 Å². The molecule has 2 nitrogen and oxygen atoms in total. The summed E-state index contributed by atoms with van der Waals surface area (Å²) in [6.45, 7) is 7.75. The zero-order valence-electron chi connectivity index (χ0n) is 8.36. The van der Waals surface area contributed by atoms with Crippen LogP contribution in [-0.2, 0) is 0 Å². The van der Waals surface area contributed by atoms with E-state index in [1.807, 2.05) is 27.7 Å². The molecule has 0 amide bonds. The van der Waals surface area contributed by atoms with E-state index < -0.39 is 10.9 Å². The van der Waals surface area contributed by atoms with Crippen LogP contribution in [0.1, 0.15) is 40.5 Å². The van der Waals surface area contributed by atoms with E-state index in [2.05, 4.69) is 25.3 Å². The van der Waals surface area contributed by atoms with Crippen molar-refractivity contribution in [1.29, 1.82) is 0 Å². The first-order valence-electron chi connectivity index (χ1n) is 4.26. The summed E-state index contributed by atoms with van der Waals surface area (Å²) in [6, 6.07) is 0. The topological polar surface area (TPSA) is 40.5 Å². The molecule has 2 unspecified atom stereocenters. The standard InChI is InChI=1S/2C3H8OS.C2H6/c2*1-2-3(4)5;1-2/h2*3-5H,2H2,1H3;1-2H3. The molecule has 0 aromatic carbocycles. The number of aliphatic hydroxyl groups excluding tert-OH is 2. The maximum Gasteiger partial charge on any atom is 0.0962 e. The van der Waals surface area contributed by atoms with Crippen molar-refractivity contribution in [2.45, 2.75) is 51.4 Å². The zero-order valence-corrected chi connectivity index (χ0v) is 10.1. The lowest BCUT2D eigenvalue weighted by Gasteiger charge is -1.89. The zero-order chi connectivity index (χ0) is 10.6. The molecule has 0 heterocycles. The number of hydrogen-bond acceptors (Lipinski definition) is 4. The Morgan fingerprint density at radius 3 is 1.00 bits per heavy atom. The van der Waals surface area contributed by atoms with Gasteiger partial charge in [0.25, 0.3) is 0 Å². The van der Waals surface area contributed by atoms with E-state index in [1.54, 1.807) is 0 Å². The molecular weight excluding hydrogens is 192 g/mol. The third-order valence-corrected chi connectivity index (χ3v) is 1.46. The molecule has 0 fully saturated rings. The van der Waals surface area contributed by atoms with Gasteiger partial charge in [-0.25, -0.2) is 0 Å². The molecule has 0 aliphatic heterocycles. The lowest BCUT2D eigenvalue weighted by molar-refractivity contribution is 0.261. The van der Waals surface area contributed by atoms with Gasteiger partial charge in [0.2, 0.25) is 0 Å². The minimum Gasteiger partial charge on any atom is -0.383 e. The van der Waals surface area contributed by atoms with Crippen LogP contribution in [0.2, 0.25) is 0 Å². The second-order valence-electron chi connectivity index (χ2n) is 1.78. The molecule has 78 valence electrons. The predicted octanol–water partition coefficient (Wildman–Crippen LogP) is 2.32. The fourth-order valence-corrected chi connectivity index (χ4v) is 0. The second kappa shape index (κ2) is 17.6. The van der Waals surface area contributed by atoms with Crippen molar-refractivity contribution in [3.63, 3.8) is 0 Å². The number of hydrogen-bond donors (Lipinski definition) is 4. The van der Waals surface area contributed by atoms with Crippen molar-refractivity contribution >= 4 is 25.3 Å². The number of rotatable bonds is 2. The summed E-state index contributed by atoms with van der Waals surface area (Å²) >= 11 is 7.31. The summed E-state index contributed by atoms with van der Waals surface area (Å²) in [4.78, 5) is 0. The van der Waals surface area contributed by atoms with Gasteiger partial charge in [-0.3, -0.25) is 0 Å². The van der Waals surface area contributed by atoms with Crippen LogP contribution < -0.4 is 0 Å². The third-order valence-electron chi connectivity index (χ3n) is 0.730. The molecule has 0 aliphatic rings. The van der Waals surface area contributed by atoms with Gasteiger partial charge in [0.15, 0.2) is 0 Å². The largest absolute Gasteiger partial charge is 0.383 e. The second-order valence-corrected chi connectivity index (χ2v) is 2.97. The molecule has 0 saturated carbocycles. The van der Waals surface area contributed by atoms with Gasteiger partial charge in [0, 0.05) is 0 Å². The van der Waals surface area contributed by atoms with Gasteiger partial charge >= 0.3 is 0 Å². The van der Waals surface area contributed by atoms with Crippen LogP contribution in [0, 0.1) is 0 Å². The van der Waals surface area contributed by atoms with Crippen molar-refractivity contribution in [2.75, 3.05) is 0 Å². The molecule has 4 heteroatoms. The summed E-state index contributed by atoms with van der Waals surface area (Å²) in [6.07, 6.45) is 1.45. The molecule has 0 aliphatic carbocycles. The van der Waals surface area contributed by atoms with Gasteiger partial charge in [0.1, 0.15) is 0 Å². The molecule has 0 rings (SSSR count). The number of thiol groups is 2. The molecule has 0 saturated heterocycles. The lowest BCUT2D eigenvalue weighted by Crippen LogP contribution is -1.88. The van der Waals surface area contributed by atoms with E-state index in [1.165, 1.54) is 0 Å². The van der Waals surface area contributed by atoms with Crippen molar-refractivity contribution in [1.82, 2.24) is 0 Å². The first kappa shape index (κ1) is 18.4. The molecular formula is C8H22O2S2. The lowest BCUT2D eigenvalue weighted by atomic mass is 10.5. The Morgan fingerprint density at radius 1 is 0.917 bits per heavy atom. The minimum atomic E-state index is -0.421. The fraction of sp³-hybridized carbons (Fsp3) is 1.00. The number of aliphatic hydroxyl groups is 2. The highest BCUT2D eigenvalue weighted by atomic mass is 32.1. The maximum atomic E-state index is 8.23. The average molecular weight is 214 g/mol. The van der Waals surface area contributed by atoms with Crippen molar-refractivity contribution in [3.05, 3.63) is 0 Å². The van der Waals surface area contributed by atoms with E-state index in [4.69, 9.17) is 10.2 Å². The van der Waals surface area contributed by atoms with Gasteiger partial charge in [-0.15, -0.1) is 25.3 Å². The van der Waals surface area contributed by atoms with Crippen LogP contribution in [0.5, 0.6) is 0 Å². The van der Waals surface area contributed by atoms with E-state index >= 15 is 0 Å². The fourth-order valence-electron chi connectivity index (χ4n) is 0. The van der Waals surface area contributed by atoms with Gasteiger partial charge in [-0.2, -0.15) is 0 Å². The third kappa shape index (κ3) is 46.0. The Balaban J connectivity index is -0.000000112. The first-order chi connectivity index (χ1) is 5.54. The Kier molecular flexibility index (Phi) is 27.1. The van der Waals surface area contributed by atoms with Crippen LogP contribution in [0.3, 0.4) is 0 Å². The Bertz CT molecular complexity index is 51.0. The monoisotopic (exact) mass is 214 g/mol. The molecule has 0 bridgehead atoms.